The lowest BCUT2D eigenvalue weighted by molar-refractivity contribution is -0.118. The Balaban J connectivity index is 0.00000161. The summed E-state index contributed by atoms with van der Waals surface area (Å²) in [6.07, 6.45) is 5.05. The summed E-state index contributed by atoms with van der Waals surface area (Å²) in [7, 11) is 0. The van der Waals surface area contributed by atoms with Crippen LogP contribution in [0.3, 0.4) is 0 Å². The van der Waals surface area contributed by atoms with Crippen molar-refractivity contribution in [2.75, 3.05) is 11.9 Å². The number of aryl methyl sites for hydroxylation is 1. The molecule has 1 aromatic carbocycles. The van der Waals surface area contributed by atoms with Crippen molar-refractivity contribution in [3.63, 3.8) is 0 Å². The van der Waals surface area contributed by atoms with Gasteiger partial charge in [0.25, 0.3) is 0 Å². The minimum Gasteiger partial charge on any atom is -0.325 e. The van der Waals surface area contributed by atoms with Crippen LogP contribution in [-0.4, -0.2) is 28.3 Å². The number of carbonyl (C=O) groups excluding carboxylic acids is 1. The molecule has 6 heteroatoms. The topological polar surface area (TPSA) is 59.0 Å². The van der Waals surface area contributed by atoms with Crippen molar-refractivity contribution >= 4 is 34.9 Å². The number of piperidine rings is 1. The lowest BCUT2D eigenvalue weighted by atomic mass is 10.0. The number of fused-ring (bicyclic) bond motifs is 1. The molecule has 3 rings (SSSR count). The van der Waals surface area contributed by atoms with Crippen molar-refractivity contribution in [3.8, 4) is 0 Å². The van der Waals surface area contributed by atoms with E-state index in [1.807, 2.05) is 29.1 Å². The number of halogens is 1. The van der Waals surface area contributed by atoms with Gasteiger partial charge in [0.15, 0.2) is 0 Å². The Morgan fingerprint density at radius 2 is 2.33 bits per heavy atom. The molecule has 1 unspecified atom stereocenters. The number of hydrogen-bond donors (Lipinski definition) is 2. The normalized spacial score (nSPS) is 18.2. The summed E-state index contributed by atoms with van der Waals surface area (Å²) in [5.41, 5.74) is 1.90. The number of amides is 1. The van der Waals surface area contributed by atoms with E-state index in [0.29, 0.717) is 0 Å². The molecular formula is C15H21ClN4O. The molecule has 0 radical (unpaired) electrons. The quantitative estimate of drug-likeness (QED) is 0.916. The lowest BCUT2D eigenvalue weighted by Gasteiger charge is -2.22. The maximum absolute atomic E-state index is 12.2. The average Bonchev–Trinajstić information content (AvgIpc) is 2.90. The molecule has 0 bridgehead atoms. The Kier molecular flexibility index (Phi) is 5.20. The second kappa shape index (κ2) is 6.91. The molecule has 0 spiro atoms. The van der Waals surface area contributed by atoms with E-state index >= 15 is 0 Å². The van der Waals surface area contributed by atoms with Crippen molar-refractivity contribution in [1.29, 1.82) is 0 Å². The van der Waals surface area contributed by atoms with Crippen LogP contribution in [0.1, 0.15) is 26.2 Å². The highest BCUT2D eigenvalue weighted by Gasteiger charge is 2.20. The van der Waals surface area contributed by atoms with Crippen LogP contribution in [0.4, 0.5) is 5.69 Å². The minimum absolute atomic E-state index is 0. The summed E-state index contributed by atoms with van der Waals surface area (Å²) in [5, 5.41) is 11.7. The summed E-state index contributed by atoms with van der Waals surface area (Å²) in [6, 6.07) is 5.87. The van der Waals surface area contributed by atoms with Gasteiger partial charge >= 0.3 is 0 Å². The first-order valence-electron chi connectivity index (χ1n) is 7.28. The smallest absolute Gasteiger partial charge is 0.241 e. The van der Waals surface area contributed by atoms with Crippen molar-refractivity contribution in [2.24, 2.45) is 0 Å². The fraction of sp³-hybridized carbons (Fsp3) is 0.467. The Bertz CT molecular complexity index is 619. The van der Waals surface area contributed by atoms with Gasteiger partial charge in [0.05, 0.1) is 17.8 Å². The Hall–Kier alpha value is -1.59. The number of rotatable bonds is 3. The van der Waals surface area contributed by atoms with Gasteiger partial charge in [0.1, 0.15) is 0 Å². The number of anilines is 1. The predicted molar refractivity (Wildman–Crippen MR) is 86.9 cm³/mol. The molecule has 1 aliphatic heterocycles. The third kappa shape index (κ3) is 3.36. The monoisotopic (exact) mass is 308 g/mol. The summed E-state index contributed by atoms with van der Waals surface area (Å²) in [5.74, 6) is 0.0617. The second-order valence-electron chi connectivity index (χ2n) is 5.23. The van der Waals surface area contributed by atoms with E-state index < -0.39 is 0 Å². The van der Waals surface area contributed by atoms with Crippen molar-refractivity contribution in [2.45, 2.75) is 38.8 Å². The molecule has 2 heterocycles. The highest BCUT2D eigenvalue weighted by atomic mass is 35.5. The Morgan fingerprint density at radius 1 is 1.48 bits per heavy atom. The molecule has 2 aromatic rings. The van der Waals surface area contributed by atoms with Gasteiger partial charge in [-0.15, -0.1) is 12.4 Å². The SMILES string of the molecule is CCn1ncc2ccc(NC(=O)C3CCCCN3)cc21.Cl. The maximum Gasteiger partial charge on any atom is 0.241 e. The molecule has 0 aliphatic carbocycles. The van der Waals surface area contributed by atoms with Gasteiger partial charge in [-0.1, -0.05) is 6.42 Å². The van der Waals surface area contributed by atoms with E-state index in [2.05, 4.69) is 22.7 Å². The molecule has 114 valence electrons. The van der Waals surface area contributed by atoms with Crippen molar-refractivity contribution < 1.29 is 4.79 Å². The molecule has 0 saturated carbocycles. The van der Waals surface area contributed by atoms with Crippen LogP contribution in [0.15, 0.2) is 24.4 Å². The van der Waals surface area contributed by atoms with Gasteiger partial charge < -0.3 is 10.6 Å². The van der Waals surface area contributed by atoms with E-state index in [1.54, 1.807) is 0 Å². The van der Waals surface area contributed by atoms with Gasteiger partial charge in [-0.3, -0.25) is 9.48 Å². The van der Waals surface area contributed by atoms with Crippen molar-refractivity contribution in [1.82, 2.24) is 15.1 Å². The van der Waals surface area contributed by atoms with E-state index in [4.69, 9.17) is 0 Å². The average molecular weight is 309 g/mol. The summed E-state index contributed by atoms with van der Waals surface area (Å²) in [4.78, 5) is 12.2. The fourth-order valence-electron chi connectivity index (χ4n) is 2.71. The number of carbonyl (C=O) groups is 1. The summed E-state index contributed by atoms with van der Waals surface area (Å²) < 4.78 is 1.93. The van der Waals surface area contributed by atoms with Gasteiger partial charge in [-0.2, -0.15) is 5.10 Å². The van der Waals surface area contributed by atoms with Crippen LogP contribution >= 0.6 is 12.4 Å². The maximum atomic E-state index is 12.2. The zero-order valence-corrected chi connectivity index (χ0v) is 12.9. The Labute approximate surface area is 130 Å². The molecule has 21 heavy (non-hydrogen) atoms. The van der Waals surface area contributed by atoms with Gasteiger partial charge in [-0.25, -0.2) is 0 Å². The molecule has 5 nitrogen and oxygen atoms in total. The first-order valence-corrected chi connectivity index (χ1v) is 7.28. The van der Waals surface area contributed by atoms with Crippen LogP contribution < -0.4 is 10.6 Å². The molecule has 1 atom stereocenters. The third-order valence-corrected chi connectivity index (χ3v) is 3.84. The molecule has 1 aliphatic rings. The molecule has 1 fully saturated rings. The van der Waals surface area contributed by atoms with Crippen LogP contribution in [0.2, 0.25) is 0 Å². The molecular weight excluding hydrogens is 288 g/mol. The van der Waals surface area contributed by atoms with Crippen LogP contribution in [0.5, 0.6) is 0 Å². The largest absolute Gasteiger partial charge is 0.325 e. The molecule has 1 aromatic heterocycles. The zero-order chi connectivity index (χ0) is 13.9. The van der Waals surface area contributed by atoms with Crippen LogP contribution in [0.25, 0.3) is 10.9 Å². The predicted octanol–water partition coefficient (Wildman–Crippen LogP) is 2.56. The third-order valence-electron chi connectivity index (χ3n) is 3.84. The minimum atomic E-state index is -0.0597. The lowest BCUT2D eigenvalue weighted by Crippen LogP contribution is -2.43. The summed E-state index contributed by atoms with van der Waals surface area (Å²) in [6.45, 7) is 3.81. The highest BCUT2D eigenvalue weighted by molar-refractivity contribution is 5.96. The van der Waals surface area contributed by atoms with E-state index in [1.165, 1.54) is 0 Å². The van der Waals surface area contributed by atoms with E-state index in [-0.39, 0.29) is 24.4 Å². The number of nitrogens with zero attached hydrogens (tertiary/aromatic N) is 2. The van der Waals surface area contributed by atoms with E-state index in [9.17, 15) is 4.79 Å². The standard InChI is InChI=1S/C15H20N4O.ClH/c1-2-19-14-9-12(7-6-11(14)10-17-19)18-15(20)13-5-3-4-8-16-13;/h6-7,9-10,13,16H,2-5,8H2,1H3,(H,18,20);1H. The van der Waals surface area contributed by atoms with Crippen LogP contribution in [-0.2, 0) is 11.3 Å². The molecule has 2 N–H and O–H groups in total. The molecule has 1 saturated heterocycles. The highest BCUT2D eigenvalue weighted by Crippen LogP contribution is 2.19. The number of nitrogens with one attached hydrogen (secondary N) is 2. The summed E-state index contributed by atoms with van der Waals surface area (Å²) >= 11 is 0. The van der Waals surface area contributed by atoms with Gasteiger partial charge in [0, 0.05) is 17.6 Å². The number of hydrogen-bond acceptors (Lipinski definition) is 3. The van der Waals surface area contributed by atoms with Crippen LogP contribution in [0, 0.1) is 0 Å². The number of aromatic nitrogens is 2. The Morgan fingerprint density at radius 3 is 3.05 bits per heavy atom. The van der Waals surface area contributed by atoms with Gasteiger partial charge in [-0.05, 0) is 44.5 Å². The number of benzene rings is 1. The second-order valence-corrected chi connectivity index (χ2v) is 5.23. The van der Waals surface area contributed by atoms with Crippen molar-refractivity contribution in [3.05, 3.63) is 24.4 Å². The first-order chi connectivity index (χ1) is 9.78. The fourth-order valence-corrected chi connectivity index (χ4v) is 2.71. The van der Waals surface area contributed by atoms with E-state index in [0.717, 1.165) is 48.9 Å². The van der Waals surface area contributed by atoms with Gasteiger partial charge in [0.2, 0.25) is 5.91 Å². The first kappa shape index (κ1) is 15.8. The zero-order valence-electron chi connectivity index (χ0n) is 12.1. The molecule has 1 amide bonds.